The van der Waals surface area contributed by atoms with Crippen LogP contribution in [0.5, 0.6) is 0 Å². The number of anilines is 1. The summed E-state index contributed by atoms with van der Waals surface area (Å²) >= 11 is 1.69. The van der Waals surface area contributed by atoms with Gasteiger partial charge in [-0.2, -0.15) is 0 Å². The van der Waals surface area contributed by atoms with E-state index < -0.39 is 0 Å². The summed E-state index contributed by atoms with van der Waals surface area (Å²) < 4.78 is 0. The lowest BCUT2D eigenvalue weighted by Gasteiger charge is -2.33. The summed E-state index contributed by atoms with van der Waals surface area (Å²) in [6.07, 6.45) is 4.34. The topological polar surface area (TPSA) is 62.3 Å². The van der Waals surface area contributed by atoms with Crippen molar-refractivity contribution in [1.82, 2.24) is 10.3 Å². The number of benzene rings is 1. The lowest BCUT2D eigenvalue weighted by molar-refractivity contribution is -0.125. The van der Waals surface area contributed by atoms with Crippen molar-refractivity contribution in [2.75, 3.05) is 24.5 Å². The molecule has 138 valence electrons. The van der Waals surface area contributed by atoms with Crippen LogP contribution in [0.4, 0.5) is 5.69 Å². The third kappa shape index (κ3) is 4.69. The van der Waals surface area contributed by atoms with E-state index in [0.717, 1.165) is 61.4 Å². The van der Waals surface area contributed by atoms with E-state index in [9.17, 15) is 9.59 Å². The maximum absolute atomic E-state index is 12.4. The number of thiazole rings is 1. The molecule has 1 N–H and O–H groups in total. The highest BCUT2D eigenvalue weighted by atomic mass is 32.1. The molecule has 3 rings (SSSR count). The van der Waals surface area contributed by atoms with E-state index in [2.05, 4.69) is 27.5 Å². The average Bonchev–Trinajstić information content (AvgIpc) is 3.16. The molecule has 5 nitrogen and oxygen atoms in total. The zero-order chi connectivity index (χ0) is 18.4. The van der Waals surface area contributed by atoms with E-state index in [1.807, 2.05) is 24.3 Å². The van der Waals surface area contributed by atoms with Gasteiger partial charge in [-0.1, -0.05) is 6.92 Å². The number of rotatable bonds is 7. The Hall–Kier alpha value is -2.21. The quantitative estimate of drug-likeness (QED) is 0.760. The van der Waals surface area contributed by atoms with Crippen LogP contribution < -0.4 is 10.2 Å². The number of aryl methyl sites for hydroxylation is 1. The summed E-state index contributed by atoms with van der Waals surface area (Å²) in [6.45, 7) is 4.49. The molecule has 1 aliphatic heterocycles. The van der Waals surface area contributed by atoms with Gasteiger partial charge in [0.15, 0.2) is 0 Å². The van der Waals surface area contributed by atoms with Crippen LogP contribution in [0.2, 0.25) is 0 Å². The molecule has 0 bridgehead atoms. The van der Waals surface area contributed by atoms with Crippen LogP contribution in [0.1, 0.15) is 40.8 Å². The minimum atomic E-state index is 0.0853. The van der Waals surface area contributed by atoms with E-state index in [4.69, 9.17) is 0 Å². The molecule has 2 aromatic rings. The minimum Gasteiger partial charge on any atom is -0.371 e. The second-order valence-electron chi connectivity index (χ2n) is 6.60. The number of hydrogen-bond donors (Lipinski definition) is 1. The van der Waals surface area contributed by atoms with Gasteiger partial charge in [0, 0.05) is 48.6 Å². The van der Waals surface area contributed by atoms with Crippen molar-refractivity contribution in [3.8, 4) is 0 Å². The molecule has 1 fully saturated rings. The molecule has 0 saturated carbocycles. The fourth-order valence-corrected chi connectivity index (χ4v) is 4.03. The summed E-state index contributed by atoms with van der Waals surface area (Å²) in [6, 6.07) is 7.62. The maximum Gasteiger partial charge on any atom is 0.223 e. The molecule has 1 amide bonds. The van der Waals surface area contributed by atoms with Crippen molar-refractivity contribution in [2.24, 2.45) is 5.92 Å². The SMILES string of the molecule is CCc1nc(CCNC(=O)C2CCN(c3ccc(C=O)cc3)CC2)cs1. The molecule has 6 heteroatoms. The zero-order valence-electron chi connectivity index (χ0n) is 15.1. The van der Waals surface area contributed by atoms with Crippen LogP contribution in [0.3, 0.4) is 0 Å². The number of aldehydes is 1. The highest BCUT2D eigenvalue weighted by molar-refractivity contribution is 7.09. The average molecular weight is 372 g/mol. The van der Waals surface area contributed by atoms with Crippen molar-refractivity contribution >= 4 is 29.2 Å². The van der Waals surface area contributed by atoms with Crippen molar-refractivity contribution in [2.45, 2.75) is 32.6 Å². The van der Waals surface area contributed by atoms with Gasteiger partial charge >= 0.3 is 0 Å². The number of aromatic nitrogens is 1. The Balaban J connectivity index is 1.42. The number of nitrogens with zero attached hydrogens (tertiary/aromatic N) is 2. The molecule has 0 aliphatic carbocycles. The minimum absolute atomic E-state index is 0.0853. The monoisotopic (exact) mass is 371 g/mol. The number of carbonyl (C=O) groups is 2. The third-order valence-corrected chi connectivity index (χ3v) is 5.88. The summed E-state index contributed by atoms with van der Waals surface area (Å²) in [5.74, 6) is 0.244. The standard InChI is InChI=1S/C20H25N3O2S/c1-2-19-22-17(14-26-19)7-10-21-20(25)16-8-11-23(12-9-16)18-5-3-15(13-24)4-6-18/h3-6,13-14,16H,2,7-12H2,1H3,(H,21,25). The Morgan fingerprint density at radius 3 is 2.65 bits per heavy atom. The van der Waals surface area contributed by atoms with Gasteiger partial charge in [0.25, 0.3) is 0 Å². The van der Waals surface area contributed by atoms with Crippen LogP contribution in [0.25, 0.3) is 0 Å². The van der Waals surface area contributed by atoms with Crippen LogP contribution in [0.15, 0.2) is 29.6 Å². The first-order valence-corrected chi connectivity index (χ1v) is 10.1. The maximum atomic E-state index is 12.4. The first-order chi connectivity index (χ1) is 12.7. The van der Waals surface area contributed by atoms with Gasteiger partial charge < -0.3 is 10.2 Å². The van der Waals surface area contributed by atoms with Gasteiger partial charge in [0.2, 0.25) is 5.91 Å². The Kier molecular flexibility index (Phi) is 6.39. The Morgan fingerprint density at radius 2 is 2.04 bits per heavy atom. The summed E-state index contributed by atoms with van der Waals surface area (Å²) in [5.41, 5.74) is 2.87. The number of piperidine rings is 1. The van der Waals surface area contributed by atoms with Gasteiger partial charge in [-0.15, -0.1) is 11.3 Å². The number of carbonyl (C=O) groups excluding carboxylic acids is 2. The molecule has 0 unspecified atom stereocenters. The van der Waals surface area contributed by atoms with Crippen molar-refractivity contribution in [3.05, 3.63) is 45.9 Å². The van der Waals surface area contributed by atoms with E-state index in [0.29, 0.717) is 12.1 Å². The van der Waals surface area contributed by atoms with E-state index in [1.165, 1.54) is 0 Å². The number of nitrogens with one attached hydrogen (secondary N) is 1. The predicted octanol–water partition coefficient (Wildman–Crippen LogP) is 3.09. The molecule has 0 radical (unpaired) electrons. The second-order valence-corrected chi connectivity index (χ2v) is 7.54. The molecule has 2 heterocycles. The fraction of sp³-hybridized carbons (Fsp3) is 0.450. The molecule has 26 heavy (non-hydrogen) atoms. The van der Waals surface area contributed by atoms with Gasteiger partial charge in [0.1, 0.15) is 6.29 Å². The molecule has 1 aromatic carbocycles. The molecule has 1 aliphatic rings. The largest absolute Gasteiger partial charge is 0.371 e. The van der Waals surface area contributed by atoms with E-state index in [1.54, 1.807) is 11.3 Å². The third-order valence-electron chi connectivity index (χ3n) is 4.84. The normalized spacial score (nSPS) is 15.0. The van der Waals surface area contributed by atoms with Gasteiger partial charge in [-0.3, -0.25) is 9.59 Å². The van der Waals surface area contributed by atoms with Crippen LogP contribution in [-0.2, 0) is 17.6 Å². The van der Waals surface area contributed by atoms with Crippen molar-refractivity contribution in [1.29, 1.82) is 0 Å². The molecule has 1 saturated heterocycles. The van der Waals surface area contributed by atoms with Crippen molar-refractivity contribution < 1.29 is 9.59 Å². The molecule has 0 atom stereocenters. The zero-order valence-corrected chi connectivity index (χ0v) is 15.9. The van der Waals surface area contributed by atoms with E-state index in [-0.39, 0.29) is 11.8 Å². The number of hydrogen-bond acceptors (Lipinski definition) is 5. The fourth-order valence-electron chi connectivity index (χ4n) is 3.25. The Bertz CT molecular complexity index is 734. The van der Waals surface area contributed by atoms with Gasteiger partial charge in [0.05, 0.1) is 10.7 Å². The first kappa shape index (κ1) is 18.6. The van der Waals surface area contributed by atoms with Crippen LogP contribution in [0, 0.1) is 5.92 Å². The molecule has 1 aromatic heterocycles. The van der Waals surface area contributed by atoms with Crippen molar-refractivity contribution in [3.63, 3.8) is 0 Å². The summed E-state index contributed by atoms with van der Waals surface area (Å²) in [5, 5.41) is 6.30. The Labute approximate surface area is 158 Å². The first-order valence-electron chi connectivity index (χ1n) is 9.20. The number of amides is 1. The lowest BCUT2D eigenvalue weighted by atomic mass is 9.95. The Morgan fingerprint density at radius 1 is 1.31 bits per heavy atom. The second kappa shape index (κ2) is 8.94. The molecular formula is C20H25N3O2S. The van der Waals surface area contributed by atoms with Crippen LogP contribution >= 0.6 is 11.3 Å². The molecular weight excluding hydrogens is 346 g/mol. The highest BCUT2D eigenvalue weighted by Gasteiger charge is 2.24. The summed E-state index contributed by atoms with van der Waals surface area (Å²) in [7, 11) is 0. The van der Waals surface area contributed by atoms with Gasteiger partial charge in [-0.25, -0.2) is 4.98 Å². The van der Waals surface area contributed by atoms with Gasteiger partial charge in [-0.05, 0) is 43.5 Å². The van der Waals surface area contributed by atoms with E-state index >= 15 is 0 Å². The summed E-state index contributed by atoms with van der Waals surface area (Å²) in [4.78, 5) is 29.9. The van der Waals surface area contributed by atoms with Crippen LogP contribution in [-0.4, -0.2) is 36.8 Å². The smallest absolute Gasteiger partial charge is 0.223 e. The lowest BCUT2D eigenvalue weighted by Crippen LogP contribution is -2.41. The molecule has 0 spiro atoms. The highest BCUT2D eigenvalue weighted by Crippen LogP contribution is 2.23. The predicted molar refractivity (Wildman–Crippen MR) is 105 cm³/mol.